The van der Waals surface area contributed by atoms with Crippen molar-refractivity contribution in [3.8, 4) is 0 Å². The highest BCUT2D eigenvalue weighted by molar-refractivity contribution is 5.82. The molecule has 1 aliphatic heterocycles. The van der Waals surface area contributed by atoms with Crippen LogP contribution in [0, 0.1) is 11.8 Å². The van der Waals surface area contributed by atoms with Crippen LogP contribution < -0.4 is 5.32 Å². The van der Waals surface area contributed by atoms with Gasteiger partial charge < -0.3 is 15.0 Å². The topological polar surface area (TPSA) is 41.6 Å². The molecule has 1 N–H and O–H groups in total. The Morgan fingerprint density at radius 2 is 2.10 bits per heavy atom. The zero-order valence-corrected chi connectivity index (χ0v) is 13.3. The molecule has 0 amide bonds. The molecule has 4 heteroatoms. The van der Waals surface area contributed by atoms with Gasteiger partial charge in [-0.25, -0.2) is 4.79 Å². The smallest absolute Gasteiger partial charge is 0.327 e. The fourth-order valence-electron chi connectivity index (χ4n) is 3.76. The number of hydrogen-bond acceptors (Lipinski definition) is 4. The predicted octanol–water partition coefficient (Wildman–Crippen LogP) is 2.04. The van der Waals surface area contributed by atoms with E-state index in [0.717, 1.165) is 44.9 Å². The van der Waals surface area contributed by atoms with E-state index in [9.17, 15) is 4.79 Å². The lowest BCUT2D eigenvalue weighted by Gasteiger charge is -2.35. The molecule has 2 aliphatic rings. The van der Waals surface area contributed by atoms with Gasteiger partial charge in [0.1, 0.15) is 5.54 Å². The summed E-state index contributed by atoms with van der Waals surface area (Å²) >= 11 is 0. The lowest BCUT2D eigenvalue weighted by molar-refractivity contribution is -0.150. The number of carbonyl (C=O) groups excluding carboxylic acids is 1. The van der Waals surface area contributed by atoms with E-state index in [-0.39, 0.29) is 5.97 Å². The third kappa shape index (κ3) is 3.34. The summed E-state index contributed by atoms with van der Waals surface area (Å²) in [5.41, 5.74) is -0.468. The number of rotatable bonds is 8. The monoisotopic (exact) mass is 282 g/mol. The van der Waals surface area contributed by atoms with E-state index in [2.05, 4.69) is 24.1 Å². The number of likely N-dealkylation sites (tertiary alicyclic amines) is 1. The minimum Gasteiger partial charge on any atom is -0.468 e. The highest BCUT2D eigenvalue weighted by Crippen LogP contribution is 2.41. The Kier molecular flexibility index (Phi) is 5.44. The van der Waals surface area contributed by atoms with Gasteiger partial charge in [-0.2, -0.15) is 0 Å². The van der Waals surface area contributed by atoms with Crippen molar-refractivity contribution in [1.29, 1.82) is 0 Å². The first-order valence-corrected chi connectivity index (χ1v) is 8.22. The number of nitrogens with zero attached hydrogens (tertiary/aromatic N) is 1. The van der Waals surface area contributed by atoms with Crippen molar-refractivity contribution in [1.82, 2.24) is 10.2 Å². The van der Waals surface area contributed by atoms with Gasteiger partial charge in [0.15, 0.2) is 0 Å². The van der Waals surface area contributed by atoms with Crippen LogP contribution in [0.25, 0.3) is 0 Å². The Morgan fingerprint density at radius 3 is 2.65 bits per heavy atom. The minimum atomic E-state index is -0.468. The van der Waals surface area contributed by atoms with Crippen LogP contribution in [0.2, 0.25) is 0 Å². The summed E-state index contributed by atoms with van der Waals surface area (Å²) in [5, 5.41) is 3.47. The average Bonchev–Trinajstić information content (AvgIpc) is 3.21. The summed E-state index contributed by atoms with van der Waals surface area (Å²) in [6, 6.07) is 0. The van der Waals surface area contributed by atoms with Crippen LogP contribution in [0.5, 0.6) is 0 Å². The first-order valence-electron chi connectivity index (χ1n) is 8.22. The lowest BCUT2D eigenvalue weighted by Crippen LogP contribution is -2.61. The molecule has 0 spiro atoms. The number of methoxy groups -OCH3 is 1. The fourth-order valence-corrected chi connectivity index (χ4v) is 3.76. The fraction of sp³-hybridized carbons (Fsp3) is 0.938. The van der Waals surface area contributed by atoms with Gasteiger partial charge in [-0.1, -0.05) is 20.3 Å². The van der Waals surface area contributed by atoms with Crippen molar-refractivity contribution < 1.29 is 9.53 Å². The van der Waals surface area contributed by atoms with E-state index in [1.807, 2.05) is 0 Å². The zero-order chi connectivity index (χ0) is 14.6. The van der Waals surface area contributed by atoms with Crippen LogP contribution in [0.4, 0.5) is 0 Å². The third-order valence-electron chi connectivity index (χ3n) is 4.86. The van der Waals surface area contributed by atoms with Gasteiger partial charge in [0.05, 0.1) is 7.11 Å². The van der Waals surface area contributed by atoms with Crippen molar-refractivity contribution in [2.45, 2.75) is 51.5 Å². The van der Waals surface area contributed by atoms with Crippen molar-refractivity contribution in [2.75, 3.05) is 33.3 Å². The van der Waals surface area contributed by atoms with Crippen molar-refractivity contribution in [3.05, 3.63) is 0 Å². The summed E-state index contributed by atoms with van der Waals surface area (Å²) < 4.78 is 5.13. The van der Waals surface area contributed by atoms with Crippen LogP contribution in [0.15, 0.2) is 0 Å². The summed E-state index contributed by atoms with van der Waals surface area (Å²) in [5.74, 6) is 1.21. The quantitative estimate of drug-likeness (QED) is 0.692. The van der Waals surface area contributed by atoms with Gasteiger partial charge in [-0.15, -0.1) is 0 Å². The summed E-state index contributed by atoms with van der Waals surface area (Å²) in [7, 11) is 1.51. The normalized spacial score (nSPS) is 26.4. The first kappa shape index (κ1) is 15.8. The molecule has 116 valence electrons. The maximum Gasteiger partial charge on any atom is 0.327 e. The second kappa shape index (κ2) is 6.90. The second-order valence-electron chi connectivity index (χ2n) is 6.45. The standard InChI is InChI=1S/C16H30N2O2/c1-4-6-13-9-10-18(11-13)12-16(17-5-2,14-7-8-14)15(19)20-3/h13-14,17H,4-12H2,1-3H3. The number of likely N-dealkylation sites (N-methyl/N-ethyl adjacent to an activating group) is 1. The summed E-state index contributed by atoms with van der Waals surface area (Å²) in [6.07, 6.45) is 6.15. The van der Waals surface area contributed by atoms with Crippen LogP contribution in [-0.4, -0.2) is 49.7 Å². The minimum absolute atomic E-state index is 0.0687. The lowest BCUT2D eigenvalue weighted by atomic mass is 9.92. The molecule has 1 saturated carbocycles. The molecular formula is C16H30N2O2. The van der Waals surface area contributed by atoms with Crippen LogP contribution >= 0.6 is 0 Å². The van der Waals surface area contributed by atoms with E-state index in [0.29, 0.717) is 5.92 Å². The molecule has 1 heterocycles. The maximum absolute atomic E-state index is 12.4. The Hall–Kier alpha value is -0.610. The SMILES string of the molecule is CCCC1CCN(CC(NCC)(C(=O)OC)C2CC2)C1. The molecule has 20 heavy (non-hydrogen) atoms. The maximum atomic E-state index is 12.4. The molecule has 2 unspecified atom stereocenters. The highest BCUT2D eigenvalue weighted by Gasteiger charge is 2.52. The molecule has 0 aromatic rings. The van der Waals surface area contributed by atoms with E-state index in [1.54, 1.807) is 0 Å². The third-order valence-corrected chi connectivity index (χ3v) is 4.86. The van der Waals surface area contributed by atoms with Gasteiger partial charge in [0, 0.05) is 13.1 Å². The van der Waals surface area contributed by atoms with E-state index >= 15 is 0 Å². The Labute approximate surface area is 123 Å². The zero-order valence-electron chi connectivity index (χ0n) is 13.3. The van der Waals surface area contributed by atoms with Gasteiger partial charge in [0.25, 0.3) is 0 Å². The van der Waals surface area contributed by atoms with Gasteiger partial charge in [-0.3, -0.25) is 0 Å². The van der Waals surface area contributed by atoms with Crippen molar-refractivity contribution in [2.24, 2.45) is 11.8 Å². The Balaban J connectivity index is 2.02. The number of ether oxygens (including phenoxy) is 1. The average molecular weight is 282 g/mol. The molecule has 2 fully saturated rings. The largest absolute Gasteiger partial charge is 0.468 e. The molecule has 0 aromatic carbocycles. The molecule has 0 bridgehead atoms. The number of nitrogens with one attached hydrogen (secondary N) is 1. The van der Waals surface area contributed by atoms with Gasteiger partial charge >= 0.3 is 5.97 Å². The summed E-state index contributed by atoms with van der Waals surface area (Å²) in [4.78, 5) is 14.9. The molecule has 0 radical (unpaired) electrons. The Bertz CT molecular complexity index is 330. The first-order chi connectivity index (χ1) is 9.66. The van der Waals surface area contributed by atoms with Gasteiger partial charge in [-0.05, 0) is 50.6 Å². The molecule has 0 aromatic heterocycles. The predicted molar refractivity (Wildman–Crippen MR) is 80.6 cm³/mol. The molecular weight excluding hydrogens is 252 g/mol. The van der Waals surface area contributed by atoms with Gasteiger partial charge in [0.2, 0.25) is 0 Å². The number of esters is 1. The number of carbonyl (C=O) groups is 1. The van der Waals surface area contributed by atoms with E-state index in [4.69, 9.17) is 4.74 Å². The van der Waals surface area contributed by atoms with Crippen LogP contribution in [0.3, 0.4) is 0 Å². The second-order valence-corrected chi connectivity index (χ2v) is 6.45. The van der Waals surface area contributed by atoms with Crippen molar-refractivity contribution in [3.63, 3.8) is 0 Å². The van der Waals surface area contributed by atoms with E-state index in [1.165, 1.54) is 26.4 Å². The van der Waals surface area contributed by atoms with Crippen molar-refractivity contribution >= 4 is 5.97 Å². The van der Waals surface area contributed by atoms with E-state index < -0.39 is 5.54 Å². The van der Waals surface area contributed by atoms with Crippen LogP contribution in [0.1, 0.15) is 46.0 Å². The van der Waals surface area contributed by atoms with Crippen LogP contribution in [-0.2, 0) is 9.53 Å². The number of hydrogen-bond donors (Lipinski definition) is 1. The Morgan fingerprint density at radius 1 is 1.35 bits per heavy atom. The highest BCUT2D eigenvalue weighted by atomic mass is 16.5. The molecule has 1 aliphatic carbocycles. The molecule has 1 saturated heterocycles. The molecule has 2 atom stereocenters. The molecule has 4 nitrogen and oxygen atoms in total. The molecule has 2 rings (SSSR count). The summed E-state index contributed by atoms with van der Waals surface area (Å²) in [6.45, 7) is 8.23.